The predicted molar refractivity (Wildman–Crippen MR) is 210 cm³/mol. The van der Waals surface area contributed by atoms with Gasteiger partial charge in [0.05, 0.1) is 0 Å². The first-order valence-corrected chi connectivity index (χ1v) is 16.9. The highest BCUT2D eigenvalue weighted by Crippen LogP contribution is 2.45. The average Bonchev–Trinajstić information content (AvgIpc) is 3.19. The summed E-state index contributed by atoms with van der Waals surface area (Å²) in [6.07, 6.45) is 0. The quantitative estimate of drug-likeness (QED) is 0.167. The van der Waals surface area contributed by atoms with E-state index in [-0.39, 0.29) is 0 Å². The summed E-state index contributed by atoms with van der Waals surface area (Å²) < 4.78 is 0. The molecule has 0 amide bonds. The molecular weight excluding hydrogens is 591 g/mol. The van der Waals surface area contributed by atoms with E-state index >= 15 is 0 Å². The largest absolute Gasteiger partial charge is 0.311 e. The predicted octanol–water partition coefficient (Wildman–Crippen LogP) is 13.6. The Balaban J connectivity index is 1.17. The zero-order chi connectivity index (χ0) is 32.6. The number of hydrogen-bond donors (Lipinski definition) is 0. The molecule has 0 aliphatic carbocycles. The molecule has 0 aliphatic rings. The number of rotatable bonds is 6. The number of nitrogens with zero attached hydrogens (tertiary/aromatic N) is 1. The molecule has 0 spiro atoms. The summed E-state index contributed by atoms with van der Waals surface area (Å²) in [6.45, 7) is 0. The summed E-state index contributed by atoms with van der Waals surface area (Å²) in [7, 11) is 0. The summed E-state index contributed by atoms with van der Waals surface area (Å²) in [5.74, 6) is 0. The standard InChI is InChI=1S/C48H33N/c1-3-14-36(15-4-1)47-45-21-11-9-19-43(45)44-20-10-12-22-46(44)48(47)37-27-31-42(32-28-37)49(40-17-5-2-6-18-40)41-29-25-35(26-30-41)39-24-23-34-13-7-8-16-38(34)33-39/h1-33H. The van der Waals surface area contributed by atoms with Gasteiger partial charge in [-0.15, -0.1) is 0 Å². The first-order chi connectivity index (χ1) is 24.3. The van der Waals surface area contributed by atoms with Crippen LogP contribution in [0.15, 0.2) is 200 Å². The van der Waals surface area contributed by atoms with Crippen LogP contribution in [0.4, 0.5) is 17.1 Å². The molecule has 0 atom stereocenters. The molecule has 0 saturated carbocycles. The van der Waals surface area contributed by atoms with E-state index in [1.807, 2.05) is 0 Å². The van der Waals surface area contributed by atoms with Gasteiger partial charge in [0.1, 0.15) is 0 Å². The van der Waals surface area contributed by atoms with Crippen molar-refractivity contribution in [1.29, 1.82) is 0 Å². The molecule has 9 rings (SSSR count). The molecule has 0 aliphatic heterocycles. The Bertz CT molecular complexity index is 2570. The van der Waals surface area contributed by atoms with Crippen LogP contribution < -0.4 is 4.90 Å². The summed E-state index contributed by atoms with van der Waals surface area (Å²) in [5.41, 5.74) is 10.7. The van der Waals surface area contributed by atoms with Gasteiger partial charge in [-0.05, 0) is 108 Å². The van der Waals surface area contributed by atoms with Crippen LogP contribution in [-0.4, -0.2) is 0 Å². The molecule has 0 unspecified atom stereocenters. The SMILES string of the molecule is c1ccc(-c2c(-c3ccc(N(c4ccccc4)c4ccc(-c5ccc6ccccc6c5)cc4)cc3)c3ccccc3c3ccccc23)cc1. The molecule has 0 radical (unpaired) electrons. The second kappa shape index (κ2) is 12.3. The van der Waals surface area contributed by atoms with Gasteiger partial charge in [-0.1, -0.05) is 158 Å². The second-order valence-corrected chi connectivity index (χ2v) is 12.5. The number of para-hydroxylation sites is 1. The molecule has 0 N–H and O–H groups in total. The van der Waals surface area contributed by atoms with Gasteiger partial charge in [-0.25, -0.2) is 0 Å². The van der Waals surface area contributed by atoms with E-state index in [4.69, 9.17) is 0 Å². The van der Waals surface area contributed by atoms with E-state index in [9.17, 15) is 0 Å². The van der Waals surface area contributed by atoms with Gasteiger partial charge in [0.25, 0.3) is 0 Å². The number of benzene rings is 9. The Morgan fingerprint density at radius 2 is 0.653 bits per heavy atom. The molecule has 230 valence electrons. The first-order valence-electron chi connectivity index (χ1n) is 16.9. The Hall–Kier alpha value is -6.44. The molecule has 49 heavy (non-hydrogen) atoms. The van der Waals surface area contributed by atoms with E-state index in [0.717, 1.165) is 17.1 Å². The van der Waals surface area contributed by atoms with Crippen molar-refractivity contribution >= 4 is 49.4 Å². The molecule has 0 fully saturated rings. The van der Waals surface area contributed by atoms with Crippen LogP contribution in [0.25, 0.3) is 65.7 Å². The average molecular weight is 624 g/mol. The van der Waals surface area contributed by atoms with Crippen molar-refractivity contribution in [2.24, 2.45) is 0 Å². The lowest BCUT2D eigenvalue weighted by Gasteiger charge is -2.26. The molecule has 0 heterocycles. The van der Waals surface area contributed by atoms with Crippen LogP contribution in [-0.2, 0) is 0 Å². The fourth-order valence-electron chi connectivity index (χ4n) is 7.32. The third kappa shape index (κ3) is 5.23. The topological polar surface area (TPSA) is 3.24 Å². The van der Waals surface area contributed by atoms with Crippen molar-refractivity contribution in [3.8, 4) is 33.4 Å². The monoisotopic (exact) mass is 623 g/mol. The van der Waals surface area contributed by atoms with E-state index < -0.39 is 0 Å². The highest BCUT2D eigenvalue weighted by atomic mass is 15.1. The smallest absolute Gasteiger partial charge is 0.0462 e. The minimum atomic E-state index is 1.11. The van der Waals surface area contributed by atoms with E-state index in [1.54, 1.807) is 0 Å². The third-order valence-corrected chi connectivity index (χ3v) is 9.63. The van der Waals surface area contributed by atoms with Crippen LogP contribution in [0.1, 0.15) is 0 Å². The van der Waals surface area contributed by atoms with Crippen LogP contribution in [0.5, 0.6) is 0 Å². The highest BCUT2D eigenvalue weighted by Gasteiger charge is 2.18. The van der Waals surface area contributed by atoms with Gasteiger partial charge in [0, 0.05) is 17.1 Å². The van der Waals surface area contributed by atoms with Crippen molar-refractivity contribution in [2.75, 3.05) is 4.90 Å². The maximum Gasteiger partial charge on any atom is 0.0462 e. The zero-order valence-corrected chi connectivity index (χ0v) is 27.0. The maximum absolute atomic E-state index is 2.34. The van der Waals surface area contributed by atoms with Crippen molar-refractivity contribution in [3.63, 3.8) is 0 Å². The lowest BCUT2D eigenvalue weighted by atomic mass is 9.85. The maximum atomic E-state index is 2.34. The molecule has 1 heteroatoms. The van der Waals surface area contributed by atoms with Gasteiger partial charge < -0.3 is 4.90 Å². The van der Waals surface area contributed by atoms with Gasteiger partial charge >= 0.3 is 0 Å². The molecule has 0 aromatic heterocycles. The first kappa shape index (κ1) is 28.8. The van der Waals surface area contributed by atoms with Crippen LogP contribution in [0.2, 0.25) is 0 Å². The number of anilines is 3. The van der Waals surface area contributed by atoms with E-state index in [0.29, 0.717) is 0 Å². The zero-order valence-electron chi connectivity index (χ0n) is 27.0. The summed E-state index contributed by atoms with van der Waals surface area (Å²) in [4.78, 5) is 2.34. The van der Waals surface area contributed by atoms with Crippen LogP contribution in [0, 0.1) is 0 Å². The second-order valence-electron chi connectivity index (χ2n) is 12.5. The van der Waals surface area contributed by atoms with Gasteiger partial charge in [-0.2, -0.15) is 0 Å². The Labute approximate surface area is 287 Å². The molecule has 1 nitrogen and oxygen atoms in total. The third-order valence-electron chi connectivity index (χ3n) is 9.63. The highest BCUT2D eigenvalue weighted by molar-refractivity contribution is 6.21. The van der Waals surface area contributed by atoms with Gasteiger partial charge in [0.2, 0.25) is 0 Å². The minimum Gasteiger partial charge on any atom is -0.311 e. The summed E-state index contributed by atoms with van der Waals surface area (Å²) >= 11 is 0. The summed E-state index contributed by atoms with van der Waals surface area (Å²) in [5, 5.41) is 7.59. The lowest BCUT2D eigenvalue weighted by molar-refractivity contribution is 1.28. The Morgan fingerprint density at radius 1 is 0.245 bits per heavy atom. The summed E-state index contributed by atoms with van der Waals surface area (Å²) in [6, 6.07) is 72.3. The van der Waals surface area contributed by atoms with Crippen LogP contribution >= 0.6 is 0 Å². The van der Waals surface area contributed by atoms with Gasteiger partial charge in [-0.3, -0.25) is 0 Å². The normalized spacial score (nSPS) is 11.3. The minimum absolute atomic E-state index is 1.11. The molecule has 0 bridgehead atoms. The van der Waals surface area contributed by atoms with E-state index in [1.165, 1.54) is 65.7 Å². The van der Waals surface area contributed by atoms with Gasteiger partial charge in [0.15, 0.2) is 0 Å². The fourth-order valence-corrected chi connectivity index (χ4v) is 7.32. The van der Waals surface area contributed by atoms with Crippen molar-refractivity contribution < 1.29 is 0 Å². The number of hydrogen-bond acceptors (Lipinski definition) is 1. The molecule has 9 aromatic rings. The molecule has 0 saturated heterocycles. The van der Waals surface area contributed by atoms with Crippen molar-refractivity contribution in [3.05, 3.63) is 200 Å². The fraction of sp³-hybridized carbons (Fsp3) is 0. The lowest BCUT2D eigenvalue weighted by Crippen LogP contribution is -2.09. The van der Waals surface area contributed by atoms with Crippen LogP contribution in [0.3, 0.4) is 0 Å². The van der Waals surface area contributed by atoms with Crippen molar-refractivity contribution in [1.82, 2.24) is 0 Å². The van der Waals surface area contributed by atoms with Crippen molar-refractivity contribution in [2.45, 2.75) is 0 Å². The number of fused-ring (bicyclic) bond motifs is 4. The molecular formula is C48H33N. The Morgan fingerprint density at radius 3 is 1.24 bits per heavy atom. The van der Waals surface area contributed by atoms with E-state index in [2.05, 4.69) is 205 Å². The molecule has 9 aromatic carbocycles. The Kier molecular flexibility index (Phi) is 7.22.